The molecular weight excluding hydrogens is 298 g/mol. The average Bonchev–Trinajstić information content (AvgIpc) is 2.88. The zero-order chi connectivity index (χ0) is 15.4. The van der Waals surface area contributed by atoms with E-state index in [9.17, 15) is 14.9 Å². The second-order valence-electron chi connectivity index (χ2n) is 5.04. The quantitative estimate of drug-likeness (QED) is 0.634. The van der Waals surface area contributed by atoms with E-state index >= 15 is 0 Å². The number of anilines is 1. The fourth-order valence-electron chi connectivity index (χ4n) is 2.36. The molecule has 1 atom stereocenters. The molecule has 1 aliphatic heterocycles. The maximum Gasteiger partial charge on any atom is 0.294 e. The third-order valence-electron chi connectivity index (χ3n) is 3.43. The number of carbonyl (C=O) groups is 1. The molecule has 8 heteroatoms. The number of hydrogen-bond donors (Lipinski definition) is 2. The third-order valence-corrected chi connectivity index (χ3v) is 3.66. The molecule has 1 fully saturated rings. The van der Waals surface area contributed by atoms with E-state index in [1.54, 1.807) is 0 Å². The number of amides is 1. The zero-order valence-electron chi connectivity index (χ0n) is 11.3. The highest BCUT2D eigenvalue weighted by Gasteiger charge is 2.24. The molecule has 0 spiro atoms. The van der Waals surface area contributed by atoms with Crippen LogP contribution in [0.3, 0.4) is 0 Å². The molecule has 1 heterocycles. The van der Waals surface area contributed by atoms with Gasteiger partial charge in [0.1, 0.15) is 5.69 Å². The molecule has 0 saturated carbocycles. The molecule has 2 rings (SSSR count). The van der Waals surface area contributed by atoms with Gasteiger partial charge in [-0.15, -0.1) is 0 Å². The number of nitro groups is 1. The number of hydrogen-bond acceptors (Lipinski definition) is 5. The van der Waals surface area contributed by atoms with Crippen LogP contribution in [0.2, 0.25) is 5.02 Å². The lowest BCUT2D eigenvalue weighted by Crippen LogP contribution is -2.32. The van der Waals surface area contributed by atoms with Crippen molar-refractivity contribution in [3.63, 3.8) is 0 Å². The molecule has 21 heavy (non-hydrogen) atoms. The van der Waals surface area contributed by atoms with Crippen LogP contribution >= 0.6 is 11.6 Å². The van der Waals surface area contributed by atoms with E-state index in [-0.39, 0.29) is 41.4 Å². The van der Waals surface area contributed by atoms with Gasteiger partial charge in [0.05, 0.1) is 11.5 Å². The number of rotatable bonds is 5. The average molecular weight is 314 g/mol. The Kier molecular flexibility index (Phi) is 5.11. The van der Waals surface area contributed by atoms with E-state index in [2.05, 4.69) is 5.32 Å². The number of halogens is 1. The summed E-state index contributed by atoms with van der Waals surface area (Å²) in [5.41, 5.74) is -0.0992. The molecule has 0 bridgehead atoms. The summed E-state index contributed by atoms with van der Waals surface area (Å²) < 4.78 is 0. The molecule has 1 amide bonds. The SMILES string of the molecule is O=C(CN1CCC(CO)C1)Nc1ccc(Cl)cc1[N+](=O)[O-]. The van der Waals surface area contributed by atoms with Crippen LogP contribution in [-0.4, -0.2) is 47.1 Å². The van der Waals surface area contributed by atoms with Crippen LogP contribution in [0.4, 0.5) is 11.4 Å². The Bertz CT molecular complexity index is 552. The molecule has 114 valence electrons. The summed E-state index contributed by atoms with van der Waals surface area (Å²) >= 11 is 5.72. The standard InChI is InChI=1S/C13H16ClN3O4/c14-10-1-2-11(12(5-10)17(20)21)15-13(19)7-16-4-3-9(6-16)8-18/h1-2,5,9,18H,3-4,6-8H2,(H,15,19). The van der Waals surface area contributed by atoms with Crippen molar-refractivity contribution in [1.29, 1.82) is 0 Å². The van der Waals surface area contributed by atoms with Gasteiger partial charge in [-0.3, -0.25) is 19.8 Å². The van der Waals surface area contributed by atoms with Gasteiger partial charge in [0.15, 0.2) is 0 Å². The monoisotopic (exact) mass is 313 g/mol. The highest BCUT2D eigenvalue weighted by molar-refractivity contribution is 6.31. The van der Waals surface area contributed by atoms with Gasteiger partial charge < -0.3 is 10.4 Å². The predicted octanol–water partition coefficient (Wildman–Crippen LogP) is 1.50. The van der Waals surface area contributed by atoms with Crippen LogP contribution in [0.5, 0.6) is 0 Å². The highest BCUT2D eigenvalue weighted by atomic mass is 35.5. The number of carbonyl (C=O) groups excluding carboxylic acids is 1. The number of likely N-dealkylation sites (tertiary alicyclic amines) is 1. The van der Waals surface area contributed by atoms with Crippen LogP contribution < -0.4 is 5.32 Å². The second-order valence-corrected chi connectivity index (χ2v) is 5.48. The van der Waals surface area contributed by atoms with Gasteiger partial charge in [-0.25, -0.2) is 0 Å². The molecule has 1 aromatic rings. The molecule has 0 aromatic heterocycles. The number of nitro benzene ring substituents is 1. The summed E-state index contributed by atoms with van der Waals surface area (Å²) in [5, 5.41) is 22.8. The first-order chi connectivity index (χ1) is 9.99. The minimum atomic E-state index is -0.584. The van der Waals surface area contributed by atoms with Crippen LogP contribution in [0.1, 0.15) is 6.42 Å². The van der Waals surface area contributed by atoms with Crippen molar-refractivity contribution in [3.8, 4) is 0 Å². The Labute approximate surface area is 126 Å². The molecule has 7 nitrogen and oxygen atoms in total. The Morgan fingerprint density at radius 1 is 1.57 bits per heavy atom. The van der Waals surface area contributed by atoms with Crippen molar-refractivity contribution in [2.24, 2.45) is 5.92 Å². The molecule has 2 N–H and O–H groups in total. The summed E-state index contributed by atoms with van der Waals surface area (Å²) in [6.45, 7) is 1.66. The van der Waals surface area contributed by atoms with Gasteiger partial charge in [-0.1, -0.05) is 11.6 Å². The fraction of sp³-hybridized carbons (Fsp3) is 0.462. The minimum Gasteiger partial charge on any atom is -0.396 e. The zero-order valence-corrected chi connectivity index (χ0v) is 12.0. The van der Waals surface area contributed by atoms with Crippen molar-refractivity contribution >= 4 is 28.9 Å². The molecular formula is C13H16ClN3O4. The van der Waals surface area contributed by atoms with E-state index in [1.165, 1.54) is 18.2 Å². The summed E-state index contributed by atoms with van der Waals surface area (Å²) in [6.07, 6.45) is 0.852. The van der Waals surface area contributed by atoms with Crippen molar-refractivity contribution in [3.05, 3.63) is 33.3 Å². The van der Waals surface area contributed by atoms with Gasteiger partial charge in [0.25, 0.3) is 5.69 Å². The van der Waals surface area contributed by atoms with E-state index in [0.29, 0.717) is 6.54 Å². The summed E-state index contributed by atoms with van der Waals surface area (Å²) in [4.78, 5) is 24.2. The number of aliphatic hydroxyl groups excluding tert-OH is 1. The first kappa shape index (κ1) is 15.7. The Hall–Kier alpha value is -1.70. The Morgan fingerprint density at radius 2 is 2.33 bits per heavy atom. The molecule has 1 saturated heterocycles. The highest BCUT2D eigenvalue weighted by Crippen LogP contribution is 2.27. The lowest BCUT2D eigenvalue weighted by molar-refractivity contribution is -0.383. The first-order valence-corrected chi connectivity index (χ1v) is 6.94. The van der Waals surface area contributed by atoms with Gasteiger partial charge in [0.2, 0.25) is 5.91 Å². The second kappa shape index (κ2) is 6.84. The number of aliphatic hydroxyl groups is 1. The Morgan fingerprint density at radius 3 is 2.95 bits per heavy atom. The summed E-state index contributed by atoms with van der Waals surface area (Å²) in [6, 6.07) is 4.11. The normalized spacial score (nSPS) is 18.7. The maximum absolute atomic E-state index is 12.0. The largest absolute Gasteiger partial charge is 0.396 e. The van der Waals surface area contributed by atoms with Crippen molar-refractivity contribution in [2.45, 2.75) is 6.42 Å². The Balaban J connectivity index is 1.98. The fourth-order valence-corrected chi connectivity index (χ4v) is 2.53. The van der Waals surface area contributed by atoms with E-state index < -0.39 is 4.92 Å². The van der Waals surface area contributed by atoms with E-state index in [1.807, 2.05) is 4.90 Å². The summed E-state index contributed by atoms with van der Waals surface area (Å²) in [5.74, 6) is -0.123. The smallest absolute Gasteiger partial charge is 0.294 e. The van der Waals surface area contributed by atoms with Gasteiger partial charge in [0, 0.05) is 24.2 Å². The predicted molar refractivity (Wildman–Crippen MR) is 78.4 cm³/mol. The lowest BCUT2D eigenvalue weighted by atomic mass is 10.1. The van der Waals surface area contributed by atoms with Crippen LogP contribution in [0.25, 0.3) is 0 Å². The third kappa shape index (κ3) is 4.13. The van der Waals surface area contributed by atoms with Crippen molar-refractivity contribution < 1.29 is 14.8 Å². The van der Waals surface area contributed by atoms with Crippen molar-refractivity contribution in [2.75, 3.05) is 31.6 Å². The molecule has 1 aliphatic rings. The van der Waals surface area contributed by atoms with Crippen molar-refractivity contribution in [1.82, 2.24) is 4.90 Å². The summed E-state index contributed by atoms with van der Waals surface area (Å²) in [7, 11) is 0. The maximum atomic E-state index is 12.0. The number of nitrogens with zero attached hydrogens (tertiary/aromatic N) is 2. The number of nitrogens with one attached hydrogen (secondary N) is 1. The van der Waals surface area contributed by atoms with Gasteiger partial charge in [-0.2, -0.15) is 0 Å². The van der Waals surface area contributed by atoms with Crippen LogP contribution in [0, 0.1) is 16.0 Å². The molecule has 1 aromatic carbocycles. The van der Waals surface area contributed by atoms with E-state index in [0.717, 1.165) is 13.0 Å². The van der Waals surface area contributed by atoms with Gasteiger partial charge >= 0.3 is 0 Å². The van der Waals surface area contributed by atoms with E-state index in [4.69, 9.17) is 16.7 Å². The molecule has 1 unspecified atom stereocenters. The molecule has 0 radical (unpaired) electrons. The lowest BCUT2D eigenvalue weighted by Gasteiger charge is -2.15. The molecule has 0 aliphatic carbocycles. The topological polar surface area (TPSA) is 95.7 Å². The van der Waals surface area contributed by atoms with Gasteiger partial charge in [-0.05, 0) is 31.0 Å². The van der Waals surface area contributed by atoms with Crippen LogP contribution in [0.15, 0.2) is 18.2 Å². The minimum absolute atomic E-state index is 0.112. The number of benzene rings is 1. The van der Waals surface area contributed by atoms with Crippen LogP contribution in [-0.2, 0) is 4.79 Å². The first-order valence-electron chi connectivity index (χ1n) is 6.56.